The van der Waals surface area contributed by atoms with Crippen LogP contribution in [0.25, 0.3) is 0 Å². The maximum atomic E-state index is 12.3. The summed E-state index contributed by atoms with van der Waals surface area (Å²) in [6, 6.07) is 7.18. The van der Waals surface area contributed by atoms with Crippen LogP contribution in [0.15, 0.2) is 30.5 Å². The van der Waals surface area contributed by atoms with Gasteiger partial charge in [-0.15, -0.1) is 0 Å². The molecule has 0 amide bonds. The Morgan fingerprint density at radius 2 is 2.18 bits per heavy atom. The maximum absolute atomic E-state index is 12.3. The molecular weight excluding hydrogens is 214 g/mol. The molecule has 0 bridgehead atoms. The van der Waals surface area contributed by atoms with Gasteiger partial charge in [-0.25, -0.2) is 0 Å². The molecule has 0 spiro atoms. The number of rotatable bonds is 3. The highest BCUT2D eigenvalue weighted by Gasteiger charge is 2.16. The van der Waals surface area contributed by atoms with Gasteiger partial charge in [-0.05, 0) is 32.0 Å². The number of aryl methyl sites for hydroxylation is 2. The highest BCUT2D eigenvalue weighted by molar-refractivity contribution is 6.11. The van der Waals surface area contributed by atoms with Crippen molar-refractivity contribution < 1.29 is 4.79 Å². The first kappa shape index (κ1) is 11.4. The van der Waals surface area contributed by atoms with Gasteiger partial charge in [0.25, 0.3) is 0 Å². The van der Waals surface area contributed by atoms with E-state index in [-0.39, 0.29) is 5.78 Å². The van der Waals surface area contributed by atoms with Crippen LogP contribution in [-0.4, -0.2) is 15.6 Å². The predicted octanol–water partition coefficient (Wildman–Crippen LogP) is 2.02. The maximum Gasteiger partial charge on any atom is 0.213 e. The Morgan fingerprint density at radius 3 is 2.88 bits per heavy atom. The number of ketones is 1. The Bertz CT molecular complexity index is 558. The van der Waals surface area contributed by atoms with Crippen LogP contribution in [0.3, 0.4) is 0 Å². The van der Waals surface area contributed by atoms with Crippen LogP contribution in [0.1, 0.15) is 28.5 Å². The third-order valence-electron chi connectivity index (χ3n) is 2.70. The highest BCUT2D eigenvalue weighted by Crippen LogP contribution is 2.18. The van der Waals surface area contributed by atoms with E-state index in [2.05, 4.69) is 5.10 Å². The normalized spacial score (nSPS) is 10.5. The highest BCUT2D eigenvalue weighted by atomic mass is 16.1. The van der Waals surface area contributed by atoms with Gasteiger partial charge >= 0.3 is 0 Å². The third-order valence-corrected chi connectivity index (χ3v) is 2.70. The molecule has 1 aromatic carbocycles. The number of anilines is 1. The Hall–Kier alpha value is -2.10. The van der Waals surface area contributed by atoms with Gasteiger partial charge in [0.1, 0.15) is 5.69 Å². The van der Waals surface area contributed by atoms with Crippen molar-refractivity contribution in [3.8, 4) is 0 Å². The second kappa shape index (κ2) is 4.41. The lowest BCUT2D eigenvalue weighted by Crippen LogP contribution is -2.12. The van der Waals surface area contributed by atoms with Gasteiger partial charge in [-0.1, -0.05) is 11.6 Å². The van der Waals surface area contributed by atoms with Crippen molar-refractivity contribution in [2.24, 2.45) is 0 Å². The van der Waals surface area contributed by atoms with Crippen LogP contribution in [0.4, 0.5) is 5.69 Å². The molecule has 1 aromatic heterocycles. The standard InChI is InChI=1S/C13H15N3O/c1-3-16-12(6-7-15-16)13(17)10-8-9(2)4-5-11(10)14/h4-8H,3,14H2,1-2H3. The molecule has 0 atom stereocenters. The van der Waals surface area contributed by atoms with E-state index in [0.717, 1.165) is 5.56 Å². The van der Waals surface area contributed by atoms with Crippen molar-refractivity contribution in [3.63, 3.8) is 0 Å². The summed E-state index contributed by atoms with van der Waals surface area (Å²) in [5, 5.41) is 4.09. The number of aromatic nitrogens is 2. The molecule has 88 valence electrons. The molecule has 17 heavy (non-hydrogen) atoms. The second-order valence-electron chi connectivity index (χ2n) is 3.95. The fourth-order valence-electron chi connectivity index (χ4n) is 1.78. The van der Waals surface area contributed by atoms with E-state index in [4.69, 9.17) is 5.73 Å². The summed E-state index contributed by atoms with van der Waals surface area (Å²) in [6.07, 6.45) is 1.63. The van der Waals surface area contributed by atoms with E-state index < -0.39 is 0 Å². The molecule has 4 heteroatoms. The molecule has 2 N–H and O–H groups in total. The molecule has 0 fully saturated rings. The van der Waals surface area contributed by atoms with Gasteiger partial charge in [-0.3, -0.25) is 9.48 Å². The van der Waals surface area contributed by atoms with Crippen LogP contribution in [0.2, 0.25) is 0 Å². The Morgan fingerprint density at radius 1 is 1.41 bits per heavy atom. The molecule has 2 aromatic rings. The van der Waals surface area contributed by atoms with E-state index >= 15 is 0 Å². The molecule has 0 saturated carbocycles. The Kier molecular flexibility index (Phi) is 2.95. The van der Waals surface area contributed by atoms with Crippen LogP contribution in [0.5, 0.6) is 0 Å². The minimum Gasteiger partial charge on any atom is -0.398 e. The average molecular weight is 229 g/mol. The Balaban J connectivity index is 2.47. The van der Waals surface area contributed by atoms with Gasteiger partial charge in [-0.2, -0.15) is 5.10 Å². The number of benzene rings is 1. The summed E-state index contributed by atoms with van der Waals surface area (Å²) in [7, 11) is 0. The van der Waals surface area contributed by atoms with Gasteiger partial charge < -0.3 is 5.73 Å². The third kappa shape index (κ3) is 2.06. The summed E-state index contributed by atoms with van der Waals surface area (Å²) in [4.78, 5) is 12.3. The van der Waals surface area contributed by atoms with Crippen molar-refractivity contribution >= 4 is 11.5 Å². The second-order valence-corrected chi connectivity index (χ2v) is 3.95. The average Bonchev–Trinajstić information content (AvgIpc) is 2.79. The van der Waals surface area contributed by atoms with Crippen LogP contribution in [-0.2, 0) is 6.54 Å². The molecule has 0 radical (unpaired) electrons. The fourth-order valence-corrected chi connectivity index (χ4v) is 1.78. The van der Waals surface area contributed by atoms with Crippen LogP contribution < -0.4 is 5.73 Å². The zero-order chi connectivity index (χ0) is 12.4. The van der Waals surface area contributed by atoms with E-state index in [1.54, 1.807) is 23.0 Å². The predicted molar refractivity (Wildman–Crippen MR) is 66.9 cm³/mol. The van der Waals surface area contributed by atoms with Crippen molar-refractivity contribution in [2.75, 3.05) is 5.73 Å². The first-order valence-electron chi connectivity index (χ1n) is 5.56. The summed E-state index contributed by atoms with van der Waals surface area (Å²) < 4.78 is 1.67. The minimum absolute atomic E-state index is 0.0782. The number of nitrogens with two attached hydrogens (primary N) is 1. The summed E-state index contributed by atoms with van der Waals surface area (Å²) in [5.74, 6) is -0.0782. The van der Waals surface area contributed by atoms with Crippen molar-refractivity contribution in [2.45, 2.75) is 20.4 Å². The van der Waals surface area contributed by atoms with Crippen molar-refractivity contribution in [3.05, 3.63) is 47.3 Å². The smallest absolute Gasteiger partial charge is 0.213 e. The number of nitrogen functional groups attached to an aromatic ring is 1. The molecule has 0 aliphatic rings. The van der Waals surface area contributed by atoms with Crippen LogP contribution in [0, 0.1) is 6.92 Å². The van der Waals surface area contributed by atoms with Crippen LogP contribution >= 0.6 is 0 Å². The summed E-state index contributed by atoms with van der Waals surface area (Å²) >= 11 is 0. The summed E-state index contributed by atoms with van der Waals surface area (Å²) in [5.41, 5.74) is 8.48. The first-order valence-corrected chi connectivity index (χ1v) is 5.56. The lowest BCUT2D eigenvalue weighted by Gasteiger charge is -2.07. The fraction of sp³-hybridized carbons (Fsp3) is 0.231. The van der Waals surface area contributed by atoms with E-state index in [9.17, 15) is 4.79 Å². The van der Waals surface area contributed by atoms with Gasteiger partial charge in [0.2, 0.25) is 5.78 Å². The molecule has 1 heterocycles. The van der Waals surface area contributed by atoms with Gasteiger partial charge in [0.15, 0.2) is 0 Å². The van der Waals surface area contributed by atoms with Crippen molar-refractivity contribution in [1.29, 1.82) is 0 Å². The number of nitrogens with zero attached hydrogens (tertiary/aromatic N) is 2. The minimum atomic E-state index is -0.0782. The zero-order valence-electron chi connectivity index (χ0n) is 9.97. The van der Waals surface area contributed by atoms with Gasteiger partial charge in [0.05, 0.1) is 0 Å². The van der Waals surface area contributed by atoms with E-state index in [0.29, 0.717) is 23.5 Å². The number of hydrogen-bond acceptors (Lipinski definition) is 3. The first-order chi connectivity index (χ1) is 8.13. The molecule has 4 nitrogen and oxygen atoms in total. The lowest BCUT2D eigenvalue weighted by atomic mass is 10.0. The lowest BCUT2D eigenvalue weighted by molar-refractivity contribution is 0.103. The zero-order valence-corrected chi connectivity index (χ0v) is 9.97. The monoisotopic (exact) mass is 229 g/mol. The molecule has 0 unspecified atom stereocenters. The number of hydrogen-bond donors (Lipinski definition) is 1. The van der Waals surface area contributed by atoms with E-state index in [1.807, 2.05) is 26.0 Å². The SMILES string of the molecule is CCn1nccc1C(=O)c1cc(C)ccc1N. The quantitative estimate of drug-likeness (QED) is 0.647. The molecule has 0 aliphatic carbocycles. The number of carbonyl (C=O) groups is 1. The molecule has 0 saturated heterocycles. The van der Waals surface area contributed by atoms with Gasteiger partial charge in [0, 0.05) is 24.0 Å². The number of carbonyl (C=O) groups excluding carboxylic acids is 1. The molecule has 0 aliphatic heterocycles. The molecule has 2 rings (SSSR count). The Labute approximate surface area is 100 Å². The van der Waals surface area contributed by atoms with E-state index in [1.165, 1.54) is 0 Å². The topological polar surface area (TPSA) is 60.9 Å². The largest absolute Gasteiger partial charge is 0.398 e. The molecular formula is C13H15N3O. The van der Waals surface area contributed by atoms with Crippen molar-refractivity contribution in [1.82, 2.24) is 9.78 Å². The summed E-state index contributed by atoms with van der Waals surface area (Å²) in [6.45, 7) is 4.55.